The lowest BCUT2D eigenvalue weighted by Gasteiger charge is -2.26. The lowest BCUT2D eigenvalue weighted by Crippen LogP contribution is -2.39. The third-order valence-electron chi connectivity index (χ3n) is 4.23. The molecular formula is C20H16FN5O2S. The summed E-state index contributed by atoms with van der Waals surface area (Å²) >= 11 is 0.999. The molecule has 1 unspecified atom stereocenters. The number of thiazole rings is 1. The van der Waals surface area contributed by atoms with E-state index in [2.05, 4.69) is 4.98 Å². The number of amides is 1. The van der Waals surface area contributed by atoms with Gasteiger partial charge in [-0.15, -0.1) is 0 Å². The molecule has 9 heteroatoms. The molecule has 1 aromatic heterocycles. The van der Waals surface area contributed by atoms with E-state index in [0.29, 0.717) is 16.8 Å². The minimum absolute atomic E-state index is 0.00291. The molecule has 0 radical (unpaired) electrons. The van der Waals surface area contributed by atoms with Crippen LogP contribution < -0.4 is 16.4 Å². The minimum Gasteiger partial charge on any atom is -0.382 e. The Labute approximate surface area is 170 Å². The van der Waals surface area contributed by atoms with Crippen LogP contribution in [-0.4, -0.2) is 22.7 Å². The highest BCUT2D eigenvalue weighted by Gasteiger charge is 2.27. The molecule has 0 aliphatic heterocycles. The number of benzene rings is 2. The van der Waals surface area contributed by atoms with Crippen molar-refractivity contribution in [1.82, 2.24) is 4.98 Å². The van der Waals surface area contributed by atoms with Crippen molar-refractivity contribution in [3.05, 3.63) is 70.4 Å². The largest absolute Gasteiger partial charge is 0.382 e. The van der Waals surface area contributed by atoms with Crippen LogP contribution in [0.25, 0.3) is 0 Å². The zero-order chi connectivity index (χ0) is 21.1. The number of rotatable bonds is 6. The van der Waals surface area contributed by atoms with E-state index in [-0.39, 0.29) is 21.6 Å². The van der Waals surface area contributed by atoms with Crippen molar-refractivity contribution < 1.29 is 14.0 Å². The number of carbonyl (C=O) groups is 2. The molecule has 0 saturated heterocycles. The van der Waals surface area contributed by atoms with E-state index >= 15 is 0 Å². The van der Waals surface area contributed by atoms with Gasteiger partial charge in [0.25, 0.3) is 0 Å². The molecule has 4 N–H and O–H groups in total. The summed E-state index contributed by atoms with van der Waals surface area (Å²) in [6, 6.07) is 12.8. The molecular weight excluding hydrogens is 393 g/mol. The Morgan fingerprint density at radius 1 is 1.17 bits per heavy atom. The number of nitrogen functional groups attached to an aromatic ring is 1. The van der Waals surface area contributed by atoms with E-state index in [4.69, 9.17) is 16.7 Å². The van der Waals surface area contributed by atoms with Crippen LogP contribution in [0.4, 0.5) is 21.0 Å². The molecule has 146 valence electrons. The SMILES string of the molecule is CC(C(N)=O)N(c1ccc(F)cc1)c1nc(N)c(C(=O)c2ccc(C#N)cc2)s1. The quantitative estimate of drug-likeness (QED) is 0.603. The van der Waals surface area contributed by atoms with Gasteiger partial charge in [0.05, 0.1) is 11.6 Å². The van der Waals surface area contributed by atoms with Crippen molar-refractivity contribution in [1.29, 1.82) is 5.26 Å². The van der Waals surface area contributed by atoms with Gasteiger partial charge >= 0.3 is 0 Å². The van der Waals surface area contributed by atoms with Crippen LogP contribution in [0.2, 0.25) is 0 Å². The molecule has 7 nitrogen and oxygen atoms in total. The normalized spacial score (nSPS) is 11.5. The van der Waals surface area contributed by atoms with E-state index < -0.39 is 17.8 Å². The van der Waals surface area contributed by atoms with E-state index in [1.807, 2.05) is 6.07 Å². The molecule has 0 aliphatic carbocycles. The first-order chi connectivity index (χ1) is 13.8. The van der Waals surface area contributed by atoms with Crippen LogP contribution in [0, 0.1) is 17.1 Å². The fourth-order valence-electron chi connectivity index (χ4n) is 2.64. The van der Waals surface area contributed by atoms with Gasteiger partial charge in [0, 0.05) is 11.3 Å². The number of nitrogens with zero attached hydrogens (tertiary/aromatic N) is 3. The van der Waals surface area contributed by atoms with Gasteiger partial charge in [0.1, 0.15) is 22.6 Å². The summed E-state index contributed by atoms with van der Waals surface area (Å²) in [5.41, 5.74) is 12.7. The predicted molar refractivity (Wildman–Crippen MR) is 108 cm³/mol. The van der Waals surface area contributed by atoms with Crippen LogP contribution in [0.3, 0.4) is 0 Å². The molecule has 0 aliphatic rings. The number of aromatic nitrogens is 1. The fraction of sp³-hybridized carbons (Fsp3) is 0.100. The molecule has 0 fully saturated rings. The van der Waals surface area contributed by atoms with Crippen molar-refractivity contribution in [3.63, 3.8) is 0 Å². The Morgan fingerprint density at radius 3 is 2.34 bits per heavy atom. The summed E-state index contributed by atoms with van der Waals surface area (Å²) < 4.78 is 13.3. The zero-order valence-electron chi connectivity index (χ0n) is 15.3. The van der Waals surface area contributed by atoms with Gasteiger partial charge in [-0.25, -0.2) is 9.37 Å². The molecule has 3 rings (SSSR count). The maximum atomic E-state index is 13.3. The summed E-state index contributed by atoms with van der Waals surface area (Å²) in [6.45, 7) is 1.57. The van der Waals surface area contributed by atoms with Crippen LogP contribution in [0.5, 0.6) is 0 Å². The Bertz CT molecular complexity index is 1100. The second-order valence-electron chi connectivity index (χ2n) is 6.15. The summed E-state index contributed by atoms with van der Waals surface area (Å²) in [5, 5.41) is 9.16. The lowest BCUT2D eigenvalue weighted by molar-refractivity contribution is -0.118. The third-order valence-corrected chi connectivity index (χ3v) is 5.30. The highest BCUT2D eigenvalue weighted by atomic mass is 32.1. The number of halogens is 1. The standard InChI is InChI=1S/C20H16FN5O2S/c1-11(19(24)28)26(15-8-6-14(21)7-9-15)20-25-18(23)17(29-20)16(27)13-4-2-12(10-22)3-5-13/h2-9,11H,23H2,1H3,(H2,24,28). The summed E-state index contributed by atoms with van der Waals surface area (Å²) in [7, 11) is 0. The van der Waals surface area contributed by atoms with Crippen molar-refractivity contribution >= 4 is 39.7 Å². The first-order valence-electron chi connectivity index (χ1n) is 8.47. The second-order valence-corrected chi connectivity index (χ2v) is 7.13. The number of nitriles is 1. The maximum absolute atomic E-state index is 13.3. The summed E-state index contributed by atoms with van der Waals surface area (Å²) in [5.74, 6) is -1.41. The van der Waals surface area contributed by atoms with E-state index in [1.54, 1.807) is 6.92 Å². The third kappa shape index (κ3) is 4.07. The number of ketones is 1. The summed E-state index contributed by atoms with van der Waals surface area (Å²) in [6.07, 6.45) is 0. The Hall–Kier alpha value is -3.77. The molecule has 3 aromatic rings. The number of nitrogens with two attached hydrogens (primary N) is 2. The Morgan fingerprint density at radius 2 is 1.79 bits per heavy atom. The first-order valence-corrected chi connectivity index (χ1v) is 9.28. The molecule has 0 saturated carbocycles. The van der Waals surface area contributed by atoms with Crippen molar-refractivity contribution in [3.8, 4) is 6.07 Å². The molecule has 0 bridgehead atoms. The number of hydrogen-bond donors (Lipinski definition) is 2. The van der Waals surface area contributed by atoms with Crippen LogP contribution >= 0.6 is 11.3 Å². The van der Waals surface area contributed by atoms with Crippen LogP contribution in [-0.2, 0) is 4.79 Å². The fourth-order valence-corrected chi connectivity index (χ4v) is 3.69. The van der Waals surface area contributed by atoms with Gasteiger partial charge in [-0.05, 0) is 55.5 Å². The highest BCUT2D eigenvalue weighted by molar-refractivity contribution is 7.18. The Kier molecular flexibility index (Phi) is 5.57. The minimum atomic E-state index is -0.816. The smallest absolute Gasteiger partial charge is 0.240 e. The van der Waals surface area contributed by atoms with Crippen molar-refractivity contribution in [2.75, 3.05) is 10.6 Å². The average Bonchev–Trinajstić information content (AvgIpc) is 3.10. The van der Waals surface area contributed by atoms with Gasteiger partial charge in [0.2, 0.25) is 11.7 Å². The zero-order valence-corrected chi connectivity index (χ0v) is 16.1. The van der Waals surface area contributed by atoms with Crippen molar-refractivity contribution in [2.24, 2.45) is 5.73 Å². The van der Waals surface area contributed by atoms with Gasteiger partial charge in [-0.3, -0.25) is 9.59 Å². The monoisotopic (exact) mass is 409 g/mol. The number of anilines is 3. The van der Waals surface area contributed by atoms with Gasteiger partial charge < -0.3 is 16.4 Å². The molecule has 2 aromatic carbocycles. The van der Waals surface area contributed by atoms with Gasteiger partial charge in [-0.1, -0.05) is 11.3 Å². The first kappa shape index (κ1) is 20.0. The maximum Gasteiger partial charge on any atom is 0.240 e. The topological polar surface area (TPSA) is 126 Å². The van der Waals surface area contributed by atoms with E-state index in [9.17, 15) is 14.0 Å². The average molecular weight is 409 g/mol. The molecule has 1 amide bonds. The second kappa shape index (κ2) is 8.08. The van der Waals surface area contributed by atoms with Gasteiger partial charge in [-0.2, -0.15) is 5.26 Å². The Balaban J connectivity index is 2.02. The number of primary amides is 1. The molecule has 0 spiro atoms. The predicted octanol–water partition coefficient (Wildman–Crippen LogP) is 2.98. The van der Waals surface area contributed by atoms with Crippen molar-refractivity contribution in [2.45, 2.75) is 13.0 Å². The lowest BCUT2D eigenvalue weighted by atomic mass is 10.1. The molecule has 29 heavy (non-hydrogen) atoms. The number of hydrogen-bond acceptors (Lipinski definition) is 7. The van der Waals surface area contributed by atoms with Gasteiger partial charge in [0.15, 0.2) is 5.13 Å². The van der Waals surface area contributed by atoms with E-state index in [1.165, 1.54) is 53.4 Å². The molecule has 1 atom stereocenters. The summed E-state index contributed by atoms with van der Waals surface area (Å²) in [4.78, 5) is 30.6. The van der Waals surface area contributed by atoms with Crippen LogP contribution in [0.15, 0.2) is 48.5 Å². The highest BCUT2D eigenvalue weighted by Crippen LogP contribution is 2.35. The number of carbonyl (C=O) groups excluding carboxylic acids is 2. The van der Waals surface area contributed by atoms with Crippen LogP contribution in [0.1, 0.15) is 27.7 Å². The molecule has 1 heterocycles. The van der Waals surface area contributed by atoms with E-state index in [0.717, 1.165) is 11.3 Å².